The molecule has 0 radical (unpaired) electrons. The van der Waals surface area contributed by atoms with Crippen LogP contribution in [0.2, 0.25) is 6.32 Å². The maximum atomic E-state index is 14.2. The molecule has 11 heteroatoms. The molecule has 2 heterocycles. The van der Waals surface area contributed by atoms with Crippen LogP contribution in [0.15, 0.2) is 108 Å². The number of amides is 2. The van der Waals surface area contributed by atoms with Gasteiger partial charge in [0.1, 0.15) is 18.1 Å². The minimum atomic E-state index is -1.75. The van der Waals surface area contributed by atoms with Gasteiger partial charge in [-0.05, 0) is 95.8 Å². The zero-order valence-electron chi connectivity index (χ0n) is 28.5. The smallest absolute Gasteiger partial charge is 0.488 e. The summed E-state index contributed by atoms with van der Waals surface area (Å²) in [6, 6.07) is 27.0. The van der Waals surface area contributed by atoms with E-state index in [0.717, 1.165) is 40.3 Å². The van der Waals surface area contributed by atoms with Crippen LogP contribution in [0.1, 0.15) is 44.6 Å². The number of ether oxygens (including phenoxy) is 1. The highest BCUT2D eigenvalue weighted by Crippen LogP contribution is 2.51. The van der Waals surface area contributed by atoms with E-state index in [1.807, 2.05) is 60.7 Å². The number of fused-ring (bicyclic) bond motifs is 4. The van der Waals surface area contributed by atoms with Crippen molar-refractivity contribution >= 4 is 54.0 Å². The van der Waals surface area contributed by atoms with Gasteiger partial charge in [-0.2, -0.15) is 0 Å². The highest BCUT2D eigenvalue weighted by atomic mass is 16.5. The molecule has 0 unspecified atom stereocenters. The van der Waals surface area contributed by atoms with Crippen molar-refractivity contribution in [1.82, 2.24) is 0 Å². The van der Waals surface area contributed by atoms with Gasteiger partial charge in [0.2, 0.25) is 11.8 Å². The van der Waals surface area contributed by atoms with Crippen molar-refractivity contribution in [3.63, 3.8) is 0 Å². The number of hydrogen-bond donors (Lipinski definition) is 4. The first kappa shape index (κ1) is 34.8. The number of benzene rings is 4. The predicted octanol–water partition coefficient (Wildman–Crippen LogP) is 5.27. The van der Waals surface area contributed by atoms with Gasteiger partial charge in [0, 0.05) is 5.39 Å². The van der Waals surface area contributed by atoms with Gasteiger partial charge in [-0.3, -0.25) is 14.5 Å². The summed E-state index contributed by atoms with van der Waals surface area (Å²) in [5.74, 6) is -1.60. The lowest BCUT2D eigenvalue weighted by Crippen LogP contribution is -2.46. The highest BCUT2D eigenvalue weighted by molar-refractivity contribution is 6.58. The van der Waals surface area contributed by atoms with Crippen molar-refractivity contribution in [2.45, 2.75) is 51.5 Å². The maximum Gasteiger partial charge on any atom is 0.488 e. The predicted molar refractivity (Wildman–Crippen MR) is 198 cm³/mol. The van der Waals surface area contributed by atoms with Gasteiger partial charge in [0.15, 0.2) is 0 Å². The number of hydrogen-bond acceptors (Lipinski definition) is 8. The molecule has 260 valence electrons. The average Bonchev–Trinajstić information content (AvgIpc) is 3.39. The van der Waals surface area contributed by atoms with Crippen LogP contribution in [0.25, 0.3) is 16.8 Å². The van der Waals surface area contributed by atoms with E-state index in [2.05, 4.69) is 13.0 Å². The summed E-state index contributed by atoms with van der Waals surface area (Å²) < 4.78 is 12.5. The first-order chi connectivity index (χ1) is 24.7. The fraction of sp³-hybridized carbons (Fsp3) is 0.300. The van der Waals surface area contributed by atoms with E-state index in [1.165, 1.54) is 22.6 Å². The van der Waals surface area contributed by atoms with Crippen LogP contribution in [0.5, 0.6) is 11.5 Å². The Kier molecular flexibility index (Phi) is 10.2. The van der Waals surface area contributed by atoms with Crippen LogP contribution in [0, 0.1) is 17.8 Å². The van der Waals surface area contributed by atoms with Gasteiger partial charge in [-0.1, -0.05) is 85.7 Å². The van der Waals surface area contributed by atoms with Crippen LogP contribution < -0.4 is 15.1 Å². The van der Waals surface area contributed by atoms with Crippen LogP contribution in [-0.4, -0.2) is 58.9 Å². The Morgan fingerprint density at radius 2 is 1.71 bits per heavy atom. The number of para-hydroxylation sites is 1. The Labute approximate surface area is 298 Å². The molecular weight excluding hydrogens is 644 g/mol. The number of nitrogens with zero attached hydrogens (tertiary/aromatic N) is 1. The number of rotatable bonds is 11. The number of phenolic OH excluding ortho intramolecular Hbond substituents is 1. The van der Waals surface area contributed by atoms with E-state index in [1.54, 1.807) is 18.2 Å². The molecule has 4 N–H and O–H groups in total. The lowest BCUT2D eigenvalue weighted by Gasteiger charge is -2.43. The zero-order valence-corrected chi connectivity index (χ0v) is 28.5. The Bertz CT molecular complexity index is 2000. The number of allylic oxidation sites excluding steroid dienone is 1. The minimum absolute atomic E-state index is 0.168. The molecule has 0 saturated carbocycles. The number of imide groups is 1. The topological polar surface area (TPSA) is 137 Å². The molecule has 2 fully saturated rings. The fourth-order valence-electron chi connectivity index (χ4n) is 8.22. The average molecular weight is 685 g/mol. The summed E-state index contributed by atoms with van der Waals surface area (Å²) in [6.45, 7) is 2.34. The second-order valence-electron chi connectivity index (χ2n) is 13.7. The molecule has 0 aromatic heterocycles. The summed E-state index contributed by atoms with van der Waals surface area (Å²) in [5.41, 5.74) is 4.50. The van der Waals surface area contributed by atoms with Crippen LogP contribution in [0.4, 0.5) is 5.69 Å². The second kappa shape index (κ2) is 14.9. The molecule has 4 atom stereocenters. The summed E-state index contributed by atoms with van der Waals surface area (Å²) >= 11 is 0. The van der Waals surface area contributed by atoms with Crippen LogP contribution in [-0.2, 0) is 14.2 Å². The molecular formula is C40H41B2NO8. The van der Waals surface area contributed by atoms with E-state index >= 15 is 0 Å². The highest BCUT2D eigenvalue weighted by Gasteiger charge is 2.57. The molecule has 0 spiro atoms. The van der Waals surface area contributed by atoms with Gasteiger partial charge >= 0.3 is 14.2 Å². The number of phenols is 1. The Hall–Kier alpha value is -4.67. The third-order valence-corrected chi connectivity index (χ3v) is 10.5. The molecule has 51 heavy (non-hydrogen) atoms. The third-order valence-electron chi connectivity index (χ3n) is 10.5. The van der Waals surface area contributed by atoms with Crippen molar-refractivity contribution in [3.8, 4) is 11.5 Å². The van der Waals surface area contributed by atoms with E-state index in [-0.39, 0.29) is 41.6 Å². The SMILES string of the molecule is CCC/C(=C\c1ccc(O)c2ccccc12)CC[C@H]1OB(O)C[C@H]2C1=C(COc1ccccc1)C[C@H]1C(=O)N(c3cccc(B(O)O)c3)C(=O)[C@H]12. The summed E-state index contributed by atoms with van der Waals surface area (Å²) in [6.07, 6.45) is 5.16. The Morgan fingerprint density at radius 1 is 0.941 bits per heavy atom. The standard InChI is InChI=1S/C40H41B2NO8/c1-2-9-25(20-26-17-18-35(44)32-15-7-6-14-31(26)32)16-19-36-37-27(24-50-30-12-4-3-5-13-30)21-33-38(34(37)23-41(47)51-36)40(46)43(39(33)45)29-11-8-10-28(22-29)42(48)49/h3-8,10-15,17-18,20,22,33-34,36,38,44,47-49H,2,9,16,19,21,23-24H2,1H3/b25-20+/t33-,34+,36-,38-/m1/s1. The Morgan fingerprint density at radius 3 is 2.47 bits per heavy atom. The number of anilines is 1. The molecule has 9 nitrogen and oxygen atoms in total. The lowest BCUT2D eigenvalue weighted by atomic mass is 9.58. The number of aromatic hydroxyl groups is 1. The molecule has 0 bridgehead atoms. The normalized spacial score (nSPS) is 22.0. The van der Waals surface area contributed by atoms with Gasteiger partial charge in [-0.15, -0.1) is 0 Å². The van der Waals surface area contributed by atoms with E-state index in [9.17, 15) is 29.8 Å². The fourth-order valence-corrected chi connectivity index (χ4v) is 8.22. The van der Waals surface area contributed by atoms with Crippen molar-refractivity contribution < 1.29 is 39.2 Å². The van der Waals surface area contributed by atoms with Crippen molar-refractivity contribution in [1.29, 1.82) is 0 Å². The van der Waals surface area contributed by atoms with Crippen molar-refractivity contribution in [2.24, 2.45) is 17.8 Å². The quantitative estimate of drug-likeness (QED) is 0.0953. The minimum Gasteiger partial charge on any atom is -0.507 e. The number of carbonyl (C=O) groups excluding carboxylic acids is 2. The van der Waals surface area contributed by atoms with Gasteiger partial charge in [0.05, 0.1) is 23.6 Å². The van der Waals surface area contributed by atoms with Crippen LogP contribution >= 0.6 is 0 Å². The Balaban J connectivity index is 1.22. The monoisotopic (exact) mass is 685 g/mol. The molecule has 2 aliphatic heterocycles. The summed E-state index contributed by atoms with van der Waals surface area (Å²) in [4.78, 5) is 29.5. The molecule has 4 aromatic carbocycles. The van der Waals surface area contributed by atoms with Crippen molar-refractivity contribution in [3.05, 3.63) is 113 Å². The lowest BCUT2D eigenvalue weighted by molar-refractivity contribution is -0.122. The maximum absolute atomic E-state index is 14.2. The second-order valence-corrected chi connectivity index (χ2v) is 13.7. The van der Waals surface area contributed by atoms with E-state index in [4.69, 9.17) is 9.39 Å². The van der Waals surface area contributed by atoms with Gasteiger partial charge in [0.25, 0.3) is 0 Å². The first-order valence-electron chi connectivity index (χ1n) is 17.7. The van der Waals surface area contributed by atoms with E-state index in [0.29, 0.717) is 25.0 Å². The third kappa shape index (κ3) is 6.99. The summed E-state index contributed by atoms with van der Waals surface area (Å²) in [5, 5.41) is 42.9. The molecule has 1 aliphatic carbocycles. The molecule has 2 saturated heterocycles. The van der Waals surface area contributed by atoms with Crippen LogP contribution in [0.3, 0.4) is 0 Å². The zero-order chi connectivity index (χ0) is 35.6. The van der Waals surface area contributed by atoms with E-state index < -0.39 is 38.1 Å². The number of carbonyl (C=O) groups is 2. The molecule has 3 aliphatic rings. The van der Waals surface area contributed by atoms with Crippen molar-refractivity contribution in [2.75, 3.05) is 11.5 Å². The summed E-state index contributed by atoms with van der Waals surface area (Å²) in [7, 11) is -2.87. The molecule has 2 amide bonds. The molecule has 4 aromatic rings. The largest absolute Gasteiger partial charge is 0.507 e. The molecule has 7 rings (SSSR count). The first-order valence-corrected chi connectivity index (χ1v) is 17.7. The van der Waals surface area contributed by atoms with Gasteiger partial charge in [-0.25, -0.2) is 0 Å². The van der Waals surface area contributed by atoms with Gasteiger partial charge < -0.3 is 29.6 Å².